The van der Waals surface area contributed by atoms with Gasteiger partial charge in [0.05, 0.1) is 31.9 Å². The smallest absolute Gasteiger partial charge is 0.148 e. The molecule has 338 valence electrons. The first-order valence-electron chi connectivity index (χ1n) is 31.1. The van der Waals surface area contributed by atoms with Crippen LogP contribution in [0.4, 0.5) is 0 Å². The summed E-state index contributed by atoms with van der Waals surface area (Å²) in [6.07, 6.45) is -0.805. The standard InChI is InChI=1S/C63H54N3O.Pt/c1-41-35-58(55(40-54(41)44-19-12-9-13-20-44)45-27-31-51(32-28-45)63(5,6)7)66-57-23-16-22-52(60(57)65-61(66)53-21-14-15-24-59(53)67)48-36-47(42-17-10-8-11-18-42)37-49(38-48)56-39-46(33-34-64-56)43-25-29-50(30-26-43)62(2,3)4;/h8-37,39-40,67H,1-7H3;/q-1;/i1D3,2D3,3D3,4D3,25D,26D,29D,30D,33D,34D,39D;. The zero-order chi connectivity index (χ0) is 62.5. The molecule has 0 aliphatic carbocycles. The second kappa shape index (κ2) is 18.5. The summed E-state index contributed by atoms with van der Waals surface area (Å²) in [6.45, 7) is -8.20. The molecule has 10 aromatic rings. The van der Waals surface area contributed by atoms with Crippen molar-refractivity contribution in [2.75, 3.05) is 0 Å². The number of benzene rings is 8. The molecule has 0 radical (unpaired) electrons. The molecule has 10 rings (SSSR count). The number of phenols is 1. The van der Waals surface area contributed by atoms with Gasteiger partial charge >= 0.3 is 0 Å². The number of imidazole rings is 1. The minimum Gasteiger partial charge on any atom is -0.507 e. The summed E-state index contributed by atoms with van der Waals surface area (Å²) in [6, 6.07) is 41.9. The maximum Gasteiger partial charge on any atom is 0.148 e. The van der Waals surface area contributed by atoms with E-state index >= 15 is 0 Å². The number of rotatable bonds is 8. The van der Waals surface area contributed by atoms with Gasteiger partial charge in [0.25, 0.3) is 0 Å². The van der Waals surface area contributed by atoms with Gasteiger partial charge in [0.1, 0.15) is 11.6 Å². The normalized spacial score (nSPS) is 16.5. The molecule has 0 atom stereocenters. The number of hydrogen-bond donors (Lipinski definition) is 1. The van der Waals surface area contributed by atoms with Crippen LogP contribution in [0.1, 0.15) is 84.1 Å². The fourth-order valence-electron chi connectivity index (χ4n) is 8.25. The van der Waals surface area contributed by atoms with Gasteiger partial charge in [-0.25, -0.2) is 4.98 Å². The number of pyridine rings is 1. The van der Waals surface area contributed by atoms with E-state index in [1.165, 1.54) is 6.07 Å². The third-order valence-corrected chi connectivity index (χ3v) is 11.7. The van der Waals surface area contributed by atoms with Crippen molar-refractivity contribution in [2.45, 2.75) is 59.0 Å². The SMILES string of the molecule is [2H]c1nc(-c2[c-]c(-c3cccc4c3nc(-c3ccccc3O)n4-c3cc(C([2H])([2H])[2H])c(-c4ccccc4)cc3-c3ccc(C(C)(C)C)cc3)cc(-c3ccccc3)c2)c([2H])c(-c2c([2H])c([2H])c(C(C([2H])([2H])[2H])(C([2H])([2H])[2H])C([2H])([2H])[2H])c([2H])c2[2H])c1[2H].[Pt]. The second-order valence-electron chi connectivity index (χ2n) is 17.3. The van der Waals surface area contributed by atoms with E-state index in [0.29, 0.717) is 61.2 Å². The Bertz CT molecular complexity index is 4240. The molecular weight excluding hydrogens is 1010 g/mol. The van der Waals surface area contributed by atoms with Crippen LogP contribution in [0.5, 0.6) is 5.75 Å². The molecule has 4 nitrogen and oxygen atoms in total. The summed E-state index contributed by atoms with van der Waals surface area (Å²) in [5.74, 6) is 0.0981. The minimum absolute atomic E-state index is 0. The maximum absolute atomic E-state index is 11.7. The summed E-state index contributed by atoms with van der Waals surface area (Å²) < 4.78 is 168. The van der Waals surface area contributed by atoms with E-state index < -0.39 is 91.9 Å². The van der Waals surface area contributed by atoms with Gasteiger partial charge in [0.15, 0.2) is 0 Å². The Morgan fingerprint density at radius 3 is 1.91 bits per heavy atom. The maximum atomic E-state index is 11.7. The van der Waals surface area contributed by atoms with Crippen LogP contribution in [0.15, 0.2) is 194 Å². The summed E-state index contributed by atoms with van der Waals surface area (Å²) >= 11 is 0. The van der Waals surface area contributed by atoms with Crippen LogP contribution in [0.25, 0.3) is 95.0 Å². The van der Waals surface area contributed by atoms with Crippen LogP contribution in [-0.2, 0) is 31.9 Å². The first kappa shape index (κ1) is 28.3. The third-order valence-electron chi connectivity index (χ3n) is 11.7. The quantitative estimate of drug-likeness (QED) is 0.154. The van der Waals surface area contributed by atoms with E-state index in [9.17, 15) is 9.22 Å². The van der Waals surface area contributed by atoms with Crippen LogP contribution in [-0.4, -0.2) is 19.6 Å². The molecule has 0 spiro atoms. The Hall–Kier alpha value is -7.13. The molecule has 0 amide bonds. The van der Waals surface area contributed by atoms with Crippen LogP contribution in [0.2, 0.25) is 0 Å². The number of phenolic OH excluding ortho intramolecular Hbond substituents is 1. The van der Waals surface area contributed by atoms with Crippen LogP contribution in [0.3, 0.4) is 0 Å². The molecule has 2 heterocycles. The van der Waals surface area contributed by atoms with E-state index in [1.807, 2.05) is 83.4 Å². The van der Waals surface area contributed by atoms with Gasteiger partial charge in [-0.05, 0) is 104 Å². The van der Waals surface area contributed by atoms with Crippen LogP contribution in [0, 0.1) is 12.9 Å². The summed E-state index contributed by atoms with van der Waals surface area (Å²) in [7, 11) is 0. The predicted molar refractivity (Wildman–Crippen MR) is 280 cm³/mol. The number of aromatic hydroxyl groups is 1. The van der Waals surface area contributed by atoms with Crippen LogP contribution >= 0.6 is 0 Å². The number of hydrogen-bond acceptors (Lipinski definition) is 3. The van der Waals surface area contributed by atoms with Crippen LogP contribution < -0.4 is 0 Å². The Balaban J connectivity index is 0.00000902. The van der Waals surface area contributed by atoms with Crippen molar-refractivity contribution in [1.29, 1.82) is 0 Å². The van der Waals surface area contributed by atoms with Crippen molar-refractivity contribution < 1.29 is 52.2 Å². The van der Waals surface area contributed by atoms with E-state index in [-0.39, 0.29) is 54.9 Å². The van der Waals surface area contributed by atoms with Gasteiger partial charge in [-0.2, -0.15) is 0 Å². The molecule has 0 fully saturated rings. The first-order chi connectivity index (χ1) is 40.2. The van der Waals surface area contributed by atoms with Gasteiger partial charge in [-0.15, -0.1) is 23.8 Å². The molecule has 0 saturated heterocycles. The zero-order valence-electron chi connectivity index (χ0n) is 56.0. The fourth-order valence-corrected chi connectivity index (χ4v) is 8.25. The minimum atomic E-state index is -3.96. The van der Waals surface area contributed by atoms with Gasteiger partial charge in [0, 0.05) is 54.9 Å². The molecule has 0 bridgehead atoms. The van der Waals surface area contributed by atoms with Crippen molar-refractivity contribution in [3.05, 3.63) is 217 Å². The summed E-state index contributed by atoms with van der Waals surface area (Å²) in [5, 5.41) is 11.7. The topological polar surface area (TPSA) is 50.9 Å². The molecule has 68 heavy (non-hydrogen) atoms. The number of aryl methyl sites for hydroxylation is 1. The van der Waals surface area contributed by atoms with Gasteiger partial charge in [-0.3, -0.25) is 9.55 Å². The van der Waals surface area contributed by atoms with Crippen molar-refractivity contribution in [3.8, 4) is 89.7 Å². The monoisotopic (exact) mass is 1080 g/mol. The molecule has 0 unspecified atom stereocenters. The molecule has 0 aliphatic rings. The number of fused-ring (bicyclic) bond motifs is 1. The molecule has 1 N–H and O–H groups in total. The molecule has 8 aromatic carbocycles. The Morgan fingerprint density at radius 1 is 0.559 bits per heavy atom. The Morgan fingerprint density at radius 2 is 1.22 bits per heavy atom. The average Bonchev–Trinajstić information content (AvgIpc) is 1.02. The van der Waals surface area contributed by atoms with Gasteiger partial charge in [-0.1, -0.05) is 197 Å². The predicted octanol–water partition coefficient (Wildman–Crippen LogP) is 16.5. The molecule has 0 aliphatic heterocycles. The molecule has 0 saturated carbocycles. The number of nitrogens with zero attached hydrogens (tertiary/aromatic N) is 3. The van der Waals surface area contributed by atoms with E-state index in [4.69, 9.17) is 26.9 Å². The second-order valence-corrected chi connectivity index (χ2v) is 17.3. The summed E-state index contributed by atoms with van der Waals surface area (Å²) in [5.41, 5.74) is -0.314. The average molecular weight is 1080 g/mol. The Labute approximate surface area is 442 Å². The fraction of sp³-hybridized carbons (Fsp3) is 0.143. The van der Waals surface area contributed by atoms with Crippen molar-refractivity contribution in [3.63, 3.8) is 0 Å². The van der Waals surface area contributed by atoms with E-state index in [1.54, 1.807) is 66.7 Å². The summed E-state index contributed by atoms with van der Waals surface area (Å²) in [4.78, 5) is 9.68. The van der Waals surface area contributed by atoms with Crippen molar-refractivity contribution in [1.82, 2.24) is 14.5 Å². The van der Waals surface area contributed by atoms with E-state index in [2.05, 4.69) is 31.8 Å². The molecule has 5 heteroatoms. The van der Waals surface area contributed by atoms with E-state index in [0.717, 1.165) is 11.1 Å². The molecular formula is C63H54N3OPt-. The number of para-hydroxylation sites is 2. The largest absolute Gasteiger partial charge is 0.507 e. The first-order valence-corrected chi connectivity index (χ1v) is 21.6. The number of aromatic nitrogens is 3. The Kier molecular flexibility index (Phi) is 7.69. The van der Waals surface area contributed by atoms with Gasteiger partial charge < -0.3 is 5.11 Å². The van der Waals surface area contributed by atoms with Gasteiger partial charge in [0.2, 0.25) is 0 Å². The van der Waals surface area contributed by atoms with Crippen molar-refractivity contribution >= 4 is 11.0 Å². The zero-order valence-corrected chi connectivity index (χ0v) is 39.3. The molecule has 2 aromatic heterocycles. The third kappa shape index (κ3) is 9.02. The van der Waals surface area contributed by atoms with Crippen molar-refractivity contribution in [2.24, 2.45) is 0 Å².